The van der Waals surface area contributed by atoms with Gasteiger partial charge in [-0.2, -0.15) is 5.10 Å². The Kier molecular flexibility index (Phi) is 6.37. The lowest BCUT2D eigenvalue weighted by Gasteiger charge is -2.22. The first-order valence-electron chi connectivity index (χ1n) is 9.02. The van der Waals surface area contributed by atoms with E-state index in [1.54, 1.807) is 36.0 Å². The van der Waals surface area contributed by atoms with Gasteiger partial charge in [0.15, 0.2) is 5.96 Å². The molecule has 0 saturated heterocycles. The highest BCUT2D eigenvalue weighted by molar-refractivity contribution is 5.79. The molecule has 1 heterocycles. The van der Waals surface area contributed by atoms with Crippen LogP contribution in [0.1, 0.15) is 11.3 Å². The van der Waals surface area contributed by atoms with E-state index >= 15 is 0 Å². The van der Waals surface area contributed by atoms with Crippen LogP contribution in [0.25, 0.3) is 5.69 Å². The van der Waals surface area contributed by atoms with Gasteiger partial charge in [0, 0.05) is 39.8 Å². The Labute approximate surface area is 163 Å². The molecule has 0 aliphatic heterocycles. The zero-order valence-corrected chi connectivity index (χ0v) is 15.9. The smallest absolute Gasteiger partial charge is 0.193 e. The Hall–Kier alpha value is -3.22. The number of hydrogen-bond donors (Lipinski definition) is 1. The summed E-state index contributed by atoms with van der Waals surface area (Å²) in [6.45, 7) is 1.29. The number of aromatic nitrogens is 2. The monoisotopic (exact) mass is 383 g/mol. The maximum Gasteiger partial charge on any atom is 0.193 e. The predicted octanol–water partition coefficient (Wildman–Crippen LogP) is 3.40. The number of nitrogens with zero attached hydrogens (tertiary/aromatic N) is 4. The number of rotatable bonds is 6. The minimum atomic E-state index is -0.267. The van der Waals surface area contributed by atoms with E-state index in [0.717, 1.165) is 29.3 Å². The second-order valence-electron chi connectivity index (χ2n) is 6.43. The zero-order chi connectivity index (χ0) is 19.9. The summed E-state index contributed by atoms with van der Waals surface area (Å²) in [5.74, 6) is 0.243. The van der Waals surface area contributed by atoms with Gasteiger partial charge in [0.25, 0.3) is 0 Å². The van der Waals surface area contributed by atoms with Gasteiger partial charge < -0.3 is 10.2 Å². The lowest BCUT2D eigenvalue weighted by molar-refractivity contribution is 0.476. The van der Waals surface area contributed by atoms with Crippen molar-refractivity contribution in [3.63, 3.8) is 0 Å². The predicted molar refractivity (Wildman–Crippen MR) is 106 cm³/mol. The molecular weight excluding hydrogens is 360 g/mol. The Balaban J connectivity index is 1.51. The average Bonchev–Trinajstić information content (AvgIpc) is 3.16. The SMILES string of the molecule is CN=C(NCCc1ccn(-c2ccc(F)cc2)n1)N(C)Cc1ccc(F)cc1. The molecule has 3 aromatic rings. The topological polar surface area (TPSA) is 45.5 Å². The van der Waals surface area contributed by atoms with E-state index in [9.17, 15) is 8.78 Å². The lowest BCUT2D eigenvalue weighted by atomic mass is 10.2. The van der Waals surface area contributed by atoms with E-state index in [2.05, 4.69) is 15.4 Å². The van der Waals surface area contributed by atoms with Gasteiger partial charge in [-0.25, -0.2) is 13.5 Å². The van der Waals surface area contributed by atoms with Gasteiger partial charge >= 0.3 is 0 Å². The molecule has 7 heteroatoms. The van der Waals surface area contributed by atoms with Crippen molar-refractivity contribution in [1.29, 1.82) is 0 Å². The maximum atomic E-state index is 13.0. The van der Waals surface area contributed by atoms with Crippen LogP contribution in [0.4, 0.5) is 8.78 Å². The maximum absolute atomic E-state index is 13.0. The van der Waals surface area contributed by atoms with E-state index in [-0.39, 0.29) is 11.6 Å². The number of guanidine groups is 1. The molecule has 1 N–H and O–H groups in total. The van der Waals surface area contributed by atoms with Crippen LogP contribution in [0, 0.1) is 11.6 Å². The summed E-state index contributed by atoms with van der Waals surface area (Å²) in [5.41, 5.74) is 2.74. The van der Waals surface area contributed by atoms with E-state index in [0.29, 0.717) is 13.1 Å². The third-order valence-electron chi connectivity index (χ3n) is 4.31. The third-order valence-corrected chi connectivity index (χ3v) is 4.31. The molecule has 0 aliphatic carbocycles. The van der Waals surface area contributed by atoms with Crippen molar-refractivity contribution in [3.8, 4) is 5.69 Å². The minimum Gasteiger partial charge on any atom is -0.356 e. The Morgan fingerprint density at radius 1 is 1.04 bits per heavy atom. The van der Waals surface area contributed by atoms with Crippen LogP contribution in [0.2, 0.25) is 0 Å². The highest BCUT2D eigenvalue weighted by Crippen LogP contribution is 2.09. The van der Waals surface area contributed by atoms with Crippen molar-refractivity contribution in [1.82, 2.24) is 20.0 Å². The van der Waals surface area contributed by atoms with Crippen molar-refractivity contribution in [3.05, 3.63) is 83.7 Å². The van der Waals surface area contributed by atoms with Crippen molar-refractivity contribution >= 4 is 5.96 Å². The van der Waals surface area contributed by atoms with Crippen molar-refractivity contribution in [2.45, 2.75) is 13.0 Å². The molecule has 146 valence electrons. The Morgan fingerprint density at radius 2 is 1.68 bits per heavy atom. The molecule has 0 atom stereocenters. The first-order valence-corrected chi connectivity index (χ1v) is 9.02. The Bertz CT molecular complexity index is 917. The quantitative estimate of drug-likeness (QED) is 0.524. The minimum absolute atomic E-state index is 0.242. The summed E-state index contributed by atoms with van der Waals surface area (Å²) in [4.78, 5) is 6.27. The largest absolute Gasteiger partial charge is 0.356 e. The number of nitrogens with one attached hydrogen (secondary N) is 1. The third kappa shape index (κ3) is 5.16. The molecule has 0 amide bonds. The van der Waals surface area contributed by atoms with Crippen LogP contribution in [-0.2, 0) is 13.0 Å². The summed E-state index contributed by atoms with van der Waals surface area (Å²) in [7, 11) is 3.66. The molecule has 0 fully saturated rings. The summed E-state index contributed by atoms with van der Waals surface area (Å²) < 4.78 is 27.8. The summed E-state index contributed by atoms with van der Waals surface area (Å²) in [6.07, 6.45) is 2.58. The van der Waals surface area contributed by atoms with Gasteiger partial charge in [-0.05, 0) is 48.0 Å². The van der Waals surface area contributed by atoms with Gasteiger partial charge in [-0.1, -0.05) is 12.1 Å². The van der Waals surface area contributed by atoms with Gasteiger partial charge in [0.05, 0.1) is 11.4 Å². The van der Waals surface area contributed by atoms with Crippen molar-refractivity contribution in [2.24, 2.45) is 4.99 Å². The molecule has 0 unspecified atom stereocenters. The van der Waals surface area contributed by atoms with E-state index in [4.69, 9.17) is 0 Å². The molecule has 0 saturated carbocycles. The Morgan fingerprint density at radius 3 is 2.32 bits per heavy atom. The number of hydrogen-bond acceptors (Lipinski definition) is 2. The van der Waals surface area contributed by atoms with Crippen LogP contribution in [-0.4, -0.2) is 41.3 Å². The second-order valence-corrected chi connectivity index (χ2v) is 6.43. The van der Waals surface area contributed by atoms with Gasteiger partial charge in [0.1, 0.15) is 11.6 Å². The molecule has 5 nitrogen and oxygen atoms in total. The second kappa shape index (κ2) is 9.12. The van der Waals surface area contributed by atoms with E-state index in [1.165, 1.54) is 24.3 Å². The normalized spacial score (nSPS) is 11.5. The van der Waals surface area contributed by atoms with Gasteiger partial charge in [-0.3, -0.25) is 4.99 Å². The van der Waals surface area contributed by atoms with Crippen molar-refractivity contribution in [2.75, 3.05) is 20.6 Å². The lowest BCUT2D eigenvalue weighted by Crippen LogP contribution is -2.39. The molecule has 1 aromatic heterocycles. The zero-order valence-electron chi connectivity index (χ0n) is 15.9. The fraction of sp³-hybridized carbons (Fsp3) is 0.238. The highest BCUT2D eigenvalue weighted by Gasteiger charge is 2.08. The van der Waals surface area contributed by atoms with E-state index < -0.39 is 0 Å². The molecule has 3 rings (SSSR count). The summed E-state index contributed by atoms with van der Waals surface area (Å²) in [6, 6.07) is 14.6. The summed E-state index contributed by atoms with van der Waals surface area (Å²) >= 11 is 0. The van der Waals surface area contributed by atoms with Crippen molar-refractivity contribution < 1.29 is 8.78 Å². The molecule has 0 aliphatic rings. The van der Waals surface area contributed by atoms with Crippen LogP contribution in [0.5, 0.6) is 0 Å². The number of halogens is 2. The molecular formula is C21H23F2N5. The molecule has 2 aromatic carbocycles. The van der Waals surface area contributed by atoms with Crippen LogP contribution >= 0.6 is 0 Å². The molecule has 0 radical (unpaired) electrons. The fourth-order valence-corrected chi connectivity index (χ4v) is 2.86. The van der Waals surface area contributed by atoms with Gasteiger partial charge in [0.2, 0.25) is 0 Å². The van der Waals surface area contributed by atoms with Crippen LogP contribution in [0.3, 0.4) is 0 Å². The average molecular weight is 383 g/mol. The fourth-order valence-electron chi connectivity index (χ4n) is 2.86. The highest BCUT2D eigenvalue weighted by atomic mass is 19.1. The molecule has 0 spiro atoms. The van der Waals surface area contributed by atoms with Crippen LogP contribution in [0.15, 0.2) is 65.8 Å². The van der Waals surface area contributed by atoms with Crippen LogP contribution < -0.4 is 5.32 Å². The number of aliphatic imine (C=N–C) groups is 1. The van der Waals surface area contributed by atoms with E-state index in [1.807, 2.05) is 24.2 Å². The molecule has 0 bridgehead atoms. The van der Waals surface area contributed by atoms with Gasteiger partial charge in [-0.15, -0.1) is 0 Å². The standard InChI is InChI=1S/C21H23F2N5/c1-24-21(27(2)15-16-3-5-17(22)6-4-16)25-13-11-19-12-14-28(26-19)20-9-7-18(23)8-10-20/h3-10,12,14H,11,13,15H2,1-2H3,(H,24,25). The first-order chi connectivity index (χ1) is 13.5. The first kappa shape index (κ1) is 19.5. The number of benzene rings is 2. The summed E-state index contributed by atoms with van der Waals surface area (Å²) in [5, 5.41) is 7.83. The molecule has 28 heavy (non-hydrogen) atoms.